The molecular weight excluding hydrogens is 234 g/mol. The zero-order valence-corrected chi connectivity index (χ0v) is 12.8. The lowest BCUT2D eigenvalue weighted by Crippen LogP contribution is -2.53. The second-order valence-electron chi connectivity index (χ2n) is 7.40. The van der Waals surface area contributed by atoms with Crippen molar-refractivity contribution in [3.63, 3.8) is 0 Å². The lowest BCUT2D eigenvalue weighted by Gasteiger charge is -2.43. The highest BCUT2D eigenvalue weighted by Crippen LogP contribution is 2.50. The first kappa shape index (κ1) is 13.9. The van der Waals surface area contributed by atoms with Crippen molar-refractivity contribution in [1.29, 1.82) is 0 Å². The van der Waals surface area contributed by atoms with E-state index in [1.54, 1.807) is 0 Å². The molecule has 1 heterocycles. The summed E-state index contributed by atoms with van der Waals surface area (Å²) in [5, 5.41) is 3.75. The standard InChI is InChI=1S/C17H31NO/c1-3-18-16(17(2)8-4-5-9-19-17)12-15-11-13-6-7-14(15)10-13/h13-16,18H,3-12H2,1-2H3. The van der Waals surface area contributed by atoms with Crippen LogP contribution in [0.2, 0.25) is 0 Å². The third-order valence-corrected chi connectivity index (χ3v) is 6.11. The molecule has 3 fully saturated rings. The molecule has 5 atom stereocenters. The zero-order valence-electron chi connectivity index (χ0n) is 12.8. The summed E-state index contributed by atoms with van der Waals surface area (Å²) >= 11 is 0. The maximum absolute atomic E-state index is 6.21. The van der Waals surface area contributed by atoms with Gasteiger partial charge in [-0.1, -0.05) is 13.3 Å². The van der Waals surface area contributed by atoms with E-state index in [0.29, 0.717) is 6.04 Å². The highest BCUT2D eigenvalue weighted by molar-refractivity contribution is 4.97. The van der Waals surface area contributed by atoms with E-state index in [4.69, 9.17) is 4.74 Å². The van der Waals surface area contributed by atoms with Gasteiger partial charge in [0.2, 0.25) is 0 Å². The van der Waals surface area contributed by atoms with Crippen molar-refractivity contribution in [3.8, 4) is 0 Å². The Morgan fingerprint density at radius 1 is 1.26 bits per heavy atom. The van der Waals surface area contributed by atoms with Gasteiger partial charge in [-0.3, -0.25) is 0 Å². The number of rotatable bonds is 5. The van der Waals surface area contributed by atoms with Crippen LogP contribution in [0.4, 0.5) is 0 Å². The SMILES string of the molecule is CCNC(CC1CC2CCC1C2)C1(C)CCCCO1. The van der Waals surface area contributed by atoms with Crippen molar-refractivity contribution in [2.75, 3.05) is 13.2 Å². The molecule has 2 saturated carbocycles. The van der Waals surface area contributed by atoms with E-state index in [9.17, 15) is 0 Å². The second-order valence-corrected chi connectivity index (χ2v) is 7.40. The summed E-state index contributed by atoms with van der Waals surface area (Å²) in [7, 11) is 0. The highest BCUT2D eigenvalue weighted by atomic mass is 16.5. The van der Waals surface area contributed by atoms with Crippen molar-refractivity contribution < 1.29 is 4.74 Å². The minimum atomic E-state index is 0.0933. The first-order valence-electron chi connectivity index (χ1n) is 8.58. The van der Waals surface area contributed by atoms with Crippen LogP contribution in [0.25, 0.3) is 0 Å². The number of ether oxygens (including phenoxy) is 1. The van der Waals surface area contributed by atoms with Gasteiger partial charge in [-0.2, -0.15) is 0 Å². The van der Waals surface area contributed by atoms with Crippen LogP contribution in [-0.4, -0.2) is 24.8 Å². The summed E-state index contributed by atoms with van der Waals surface area (Å²) in [5.41, 5.74) is 0.0933. The molecule has 1 saturated heterocycles. The lowest BCUT2D eigenvalue weighted by atomic mass is 9.78. The summed E-state index contributed by atoms with van der Waals surface area (Å²) in [4.78, 5) is 0. The van der Waals surface area contributed by atoms with E-state index < -0.39 is 0 Å². The molecule has 0 aromatic carbocycles. The third-order valence-electron chi connectivity index (χ3n) is 6.11. The molecule has 0 radical (unpaired) electrons. The Kier molecular flexibility index (Phi) is 4.19. The molecular formula is C17H31NO. The molecule has 2 bridgehead atoms. The Bertz CT molecular complexity index is 298. The average Bonchev–Trinajstić information content (AvgIpc) is 3.01. The first-order chi connectivity index (χ1) is 9.21. The molecule has 5 unspecified atom stereocenters. The highest BCUT2D eigenvalue weighted by Gasteiger charge is 2.44. The summed E-state index contributed by atoms with van der Waals surface area (Å²) in [6.07, 6.45) is 11.2. The van der Waals surface area contributed by atoms with E-state index in [-0.39, 0.29) is 5.60 Å². The largest absolute Gasteiger partial charge is 0.374 e. The van der Waals surface area contributed by atoms with E-state index in [1.165, 1.54) is 51.4 Å². The van der Waals surface area contributed by atoms with E-state index in [1.807, 2.05) is 0 Å². The fourth-order valence-electron chi connectivity index (χ4n) is 4.99. The fourth-order valence-corrected chi connectivity index (χ4v) is 4.99. The number of fused-ring (bicyclic) bond motifs is 2. The van der Waals surface area contributed by atoms with Gasteiger partial charge in [0.15, 0.2) is 0 Å². The van der Waals surface area contributed by atoms with Gasteiger partial charge in [-0.05, 0) is 76.2 Å². The molecule has 3 rings (SSSR count). The topological polar surface area (TPSA) is 21.3 Å². The van der Waals surface area contributed by atoms with Gasteiger partial charge in [0.25, 0.3) is 0 Å². The lowest BCUT2D eigenvalue weighted by molar-refractivity contribution is -0.0935. The quantitative estimate of drug-likeness (QED) is 0.817. The Hall–Kier alpha value is -0.0800. The molecule has 2 heteroatoms. The number of hydrogen-bond acceptors (Lipinski definition) is 2. The van der Waals surface area contributed by atoms with Crippen LogP contribution in [0.15, 0.2) is 0 Å². The van der Waals surface area contributed by atoms with Crippen molar-refractivity contribution in [2.24, 2.45) is 17.8 Å². The van der Waals surface area contributed by atoms with Crippen LogP contribution in [0, 0.1) is 17.8 Å². The van der Waals surface area contributed by atoms with Crippen LogP contribution in [-0.2, 0) is 4.74 Å². The minimum Gasteiger partial charge on any atom is -0.374 e. The molecule has 3 aliphatic rings. The van der Waals surface area contributed by atoms with Crippen molar-refractivity contribution in [2.45, 2.75) is 76.9 Å². The van der Waals surface area contributed by atoms with Crippen LogP contribution in [0.1, 0.15) is 65.2 Å². The van der Waals surface area contributed by atoms with E-state index in [0.717, 1.165) is 30.9 Å². The van der Waals surface area contributed by atoms with E-state index >= 15 is 0 Å². The molecule has 1 aliphatic heterocycles. The van der Waals surface area contributed by atoms with Crippen LogP contribution >= 0.6 is 0 Å². The summed E-state index contributed by atoms with van der Waals surface area (Å²) in [5.74, 6) is 3.08. The molecule has 2 nitrogen and oxygen atoms in total. The Morgan fingerprint density at radius 2 is 2.16 bits per heavy atom. The van der Waals surface area contributed by atoms with Crippen molar-refractivity contribution in [1.82, 2.24) is 5.32 Å². The predicted octanol–water partition coefficient (Wildman–Crippen LogP) is 3.75. The predicted molar refractivity (Wildman–Crippen MR) is 79.2 cm³/mol. The van der Waals surface area contributed by atoms with Gasteiger partial charge >= 0.3 is 0 Å². The van der Waals surface area contributed by atoms with Gasteiger partial charge in [0.05, 0.1) is 5.60 Å². The second kappa shape index (κ2) is 5.73. The molecule has 0 aromatic rings. The summed E-state index contributed by atoms with van der Waals surface area (Å²) < 4.78 is 6.21. The summed E-state index contributed by atoms with van der Waals surface area (Å²) in [6, 6.07) is 0.571. The van der Waals surface area contributed by atoms with Crippen LogP contribution in [0.3, 0.4) is 0 Å². The summed E-state index contributed by atoms with van der Waals surface area (Å²) in [6.45, 7) is 6.63. The molecule has 0 amide bonds. The van der Waals surface area contributed by atoms with Crippen molar-refractivity contribution in [3.05, 3.63) is 0 Å². The van der Waals surface area contributed by atoms with Gasteiger partial charge in [0.1, 0.15) is 0 Å². The molecule has 19 heavy (non-hydrogen) atoms. The number of nitrogens with one attached hydrogen (secondary N) is 1. The Morgan fingerprint density at radius 3 is 2.74 bits per heavy atom. The Balaban J connectivity index is 1.63. The average molecular weight is 265 g/mol. The zero-order chi connectivity index (χ0) is 13.3. The molecule has 2 aliphatic carbocycles. The molecule has 0 aromatic heterocycles. The monoisotopic (exact) mass is 265 g/mol. The molecule has 110 valence electrons. The van der Waals surface area contributed by atoms with Crippen LogP contribution in [0.5, 0.6) is 0 Å². The van der Waals surface area contributed by atoms with Gasteiger partial charge in [0, 0.05) is 12.6 Å². The normalized spacial score (nSPS) is 43.6. The first-order valence-corrected chi connectivity index (χ1v) is 8.58. The van der Waals surface area contributed by atoms with Gasteiger partial charge in [-0.15, -0.1) is 0 Å². The van der Waals surface area contributed by atoms with Crippen molar-refractivity contribution >= 4 is 0 Å². The molecule has 1 N–H and O–H groups in total. The third kappa shape index (κ3) is 2.85. The fraction of sp³-hybridized carbons (Fsp3) is 1.00. The maximum atomic E-state index is 6.21. The maximum Gasteiger partial charge on any atom is 0.0806 e. The minimum absolute atomic E-state index is 0.0933. The number of likely N-dealkylation sites (N-methyl/N-ethyl adjacent to an activating group) is 1. The smallest absolute Gasteiger partial charge is 0.0806 e. The molecule has 0 spiro atoms. The Labute approximate surface area is 118 Å². The van der Waals surface area contributed by atoms with Gasteiger partial charge < -0.3 is 10.1 Å². The van der Waals surface area contributed by atoms with E-state index in [2.05, 4.69) is 19.2 Å². The van der Waals surface area contributed by atoms with Crippen LogP contribution < -0.4 is 5.32 Å². The number of hydrogen-bond donors (Lipinski definition) is 1. The van der Waals surface area contributed by atoms with Gasteiger partial charge in [-0.25, -0.2) is 0 Å².